The Balaban J connectivity index is 1.21. The Morgan fingerprint density at radius 1 is 1.00 bits per heavy atom. The number of nitro groups is 1. The maximum atomic E-state index is 12.7. The number of nitrogens with zero attached hydrogens (tertiary/aromatic N) is 4. The Hall–Kier alpha value is -6.35. The highest BCUT2D eigenvalue weighted by Crippen LogP contribution is 2.39. The third-order valence-corrected chi connectivity index (χ3v) is 7.08. The summed E-state index contributed by atoms with van der Waals surface area (Å²) >= 11 is 0. The number of nitro benzene ring substituents is 1. The number of hydrogen-bond acceptors (Lipinski definition) is 9. The second kappa shape index (κ2) is 14.6. The predicted octanol–water partition coefficient (Wildman–Crippen LogP) is 6.79. The van der Waals surface area contributed by atoms with Gasteiger partial charge < -0.3 is 23.2 Å². The summed E-state index contributed by atoms with van der Waals surface area (Å²) in [5.41, 5.74) is 6.55. The van der Waals surface area contributed by atoms with Gasteiger partial charge in [-0.25, -0.2) is 5.43 Å². The van der Waals surface area contributed by atoms with Gasteiger partial charge in [-0.05, 0) is 81.4 Å². The molecule has 0 aliphatic carbocycles. The lowest BCUT2D eigenvalue weighted by molar-refractivity contribution is -0.386. The van der Waals surface area contributed by atoms with Crippen LogP contribution in [-0.4, -0.2) is 28.2 Å². The Bertz CT molecular complexity index is 1950. The molecule has 0 saturated heterocycles. The molecule has 5 rings (SSSR count). The third-order valence-electron chi connectivity index (χ3n) is 7.08. The predicted molar refractivity (Wildman–Crippen MR) is 173 cm³/mol. The van der Waals surface area contributed by atoms with Crippen LogP contribution in [-0.2, 0) is 13.2 Å². The Kier molecular flexibility index (Phi) is 9.97. The second-order valence-electron chi connectivity index (χ2n) is 10.3. The van der Waals surface area contributed by atoms with Crippen LogP contribution in [0.4, 0.5) is 5.69 Å². The Labute approximate surface area is 270 Å². The maximum Gasteiger partial charge on any atom is 0.315 e. The average Bonchev–Trinajstić information content (AvgIpc) is 3.69. The van der Waals surface area contributed by atoms with Crippen LogP contribution in [0.15, 0.2) is 94.4 Å². The summed E-state index contributed by atoms with van der Waals surface area (Å²) in [6, 6.07) is 26.6. The molecule has 47 heavy (non-hydrogen) atoms. The molecule has 238 valence electrons. The smallest absolute Gasteiger partial charge is 0.315 e. The normalized spacial score (nSPS) is 10.9. The van der Waals surface area contributed by atoms with E-state index < -0.39 is 10.8 Å². The quantitative estimate of drug-likeness (QED) is 0.0845. The molecule has 5 aromatic rings. The summed E-state index contributed by atoms with van der Waals surface area (Å²) in [6.07, 6.45) is 1.25. The van der Waals surface area contributed by atoms with Crippen molar-refractivity contribution >= 4 is 17.8 Å². The highest BCUT2D eigenvalue weighted by molar-refractivity contribution is 5.92. The molecule has 0 spiro atoms. The molecule has 0 bridgehead atoms. The molecular formula is C35H31N5O7. The molecule has 1 N–H and O–H groups in total. The van der Waals surface area contributed by atoms with E-state index in [-0.39, 0.29) is 48.3 Å². The van der Waals surface area contributed by atoms with Crippen molar-refractivity contribution in [3.05, 3.63) is 135 Å². The Morgan fingerprint density at radius 2 is 1.74 bits per heavy atom. The standard InChI is InChI=1S/C35H31N5O7/c1-4-44-33-18-25(17-31(40(42)43)34(33)46-21-27-8-6-5-7-26(27)19-36)20-37-38-35(41)32-16-15-30(47-32)22-45-29-13-11-28(12-14-29)39-23(2)9-10-24(39)3/h5-18,20H,4,21-22H2,1-3H3,(H,38,41)/b37-20+. The molecule has 2 heterocycles. The molecule has 3 aromatic carbocycles. The van der Waals surface area contributed by atoms with Crippen molar-refractivity contribution in [2.45, 2.75) is 34.0 Å². The van der Waals surface area contributed by atoms with Crippen molar-refractivity contribution in [1.29, 1.82) is 5.26 Å². The zero-order valence-corrected chi connectivity index (χ0v) is 25.9. The van der Waals surface area contributed by atoms with E-state index in [2.05, 4.69) is 33.3 Å². The molecule has 2 aromatic heterocycles. The van der Waals surface area contributed by atoms with E-state index in [1.807, 2.05) is 38.1 Å². The molecule has 0 saturated carbocycles. The van der Waals surface area contributed by atoms with E-state index in [9.17, 15) is 20.2 Å². The van der Waals surface area contributed by atoms with Crippen LogP contribution in [0.5, 0.6) is 17.2 Å². The minimum Gasteiger partial charge on any atom is -0.490 e. The number of carbonyl (C=O) groups excluding carboxylic acids is 1. The van der Waals surface area contributed by atoms with E-state index in [0.717, 1.165) is 17.1 Å². The van der Waals surface area contributed by atoms with Gasteiger partial charge in [0.1, 0.15) is 24.7 Å². The summed E-state index contributed by atoms with van der Waals surface area (Å²) in [4.78, 5) is 24.0. The summed E-state index contributed by atoms with van der Waals surface area (Å²) in [5.74, 6) is 0.502. The molecule has 0 atom stereocenters. The molecular weight excluding hydrogens is 602 g/mol. The van der Waals surface area contributed by atoms with Gasteiger partial charge in [-0.1, -0.05) is 18.2 Å². The number of carbonyl (C=O) groups is 1. The van der Waals surface area contributed by atoms with Gasteiger partial charge >= 0.3 is 11.6 Å². The second-order valence-corrected chi connectivity index (χ2v) is 10.3. The van der Waals surface area contributed by atoms with Crippen molar-refractivity contribution in [3.63, 3.8) is 0 Å². The van der Waals surface area contributed by atoms with Gasteiger partial charge in [0.25, 0.3) is 0 Å². The lowest BCUT2D eigenvalue weighted by Crippen LogP contribution is -2.16. The van der Waals surface area contributed by atoms with Gasteiger partial charge in [-0.3, -0.25) is 14.9 Å². The fourth-order valence-electron chi connectivity index (χ4n) is 4.85. The molecule has 0 aliphatic rings. The van der Waals surface area contributed by atoms with Gasteiger partial charge in [-0.15, -0.1) is 0 Å². The van der Waals surface area contributed by atoms with E-state index in [0.29, 0.717) is 22.6 Å². The number of hydrogen-bond donors (Lipinski definition) is 1. The van der Waals surface area contributed by atoms with Crippen LogP contribution < -0.4 is 19.6 Å². The number of furan rings is 1. The van der Waals surface area contributed by atoms with Crippen molar-refractivity contribution in [1.82, 2.24) is 9.99 Å². The molecule has 12 heteroatoms. The van der Waals surface area contributed by atoms with Gasteiger partial charge in [0.15, 0.2) is 11.5 Å². The average molecular weight is 634 g/mol. The van der Waals surface area contributed by atoms with Crippen molar-refractivity contribution in [2.75, 3.05) is 6.61 Å². The number of rotatable bonds is 13. The topological polar surface area (TPSA) is 154 Å². The third kappa shape index (κ3) is 7.66. The van der Waals surface area contributed by atoms with Crippen LogP contribution in [0.3, 0.4) is 0 Å². The van der Waals surface area contributed by atoms with Gasteiger partial charge in [0, 0.05) is 34.3 Å². The van der Waals surface area contributed by atoms with Gasteiger partial charge in [0.05, 0.1) is 29.4 Å². The Morgan fingerprint density at radius 3 is 2.45 bits per heavy atom. The lowest BCUT2D eigenvalue weighted by Gasteiger charge is -2.13. The number of nitrogens with one attached hydrogen (secondary N) is 1. The summed E-state index contributed by atoms with van der Waals surface area (Å²) in [7, 11) is 0. The number of benzene rings is 3. The fraction of sp³-hybridized carbons (Fsp3) is 0.171. The molecule has 0 fully saturated rings. The van der Waals surface area contributed by atoms with E-state index in [4.69, 9.17) is 18.6 Å². The maximum absolute atomic E-state index is 12.7. The lowest BCUT2D eigenvalue weighted by atomic mass is 10.1. The van der Waals surface area contributed by atoms with Crippen molar-refractivity contribution in [3.8, 4) is 29.0 Å². The summed E-state index contributed by atoms with van der Waals surface area (Å²) < 4.78 is 25.0. The molecule has 0 aliphatic heterocycles. The number of amides is 1. The first-order chi connectivity index (χ1) is 22.8. The number of aromatic nitrogens is 1. The fourth-order valence-corrected chi connectivity index (χ4v) is 4.85. The number of ether oxygens (including phenoxy) is 3. The van der Waals surface area contributed by atoms with Crippen LogP contribution >= 0.6 is 0 Å². The SMILES string of the molecule is CCOc1cc(/C=N/NC(=O)c2ccc(COc3ccc(-n4c(C)ccc4C)cc3)o2)cc([N+](=O)[O-])c1OCc1ccccc1C#N. The van der Waals surface area contributed by atoms with Crippen LogP contribution in [0.1, 0.15) is 51.3 Å². The monoisotopic (exact) mass is 633 g/mol. The zero-order valence-electron chi connectivity index (χ0n) is 25.9. The largest absolute Gasteiger partial charge is 0.490 e. The number of nitriles is 1. The van der Waals surface area contributed by atoms with Crippen LogP contribution in [0.25, 0.3) is 5.69 Å². The van der Waals surface area contributed by atoms with Crippen molar-refractivity contribution < 1.29 is 28.3 Å². The summed E-state index contributed by atoms with van der Waals surface area (Å²) in [6.45, 7) is 6.07. The minimum atomic E-state index is -0.620. The van der Waals surface area contributed by atoms with Crippen LogP contribution in [0.2, 0.25) is 0 Å². The van der Waals surface area contributed by atoms with E-state index in [1.165, 1.54) is 24.4 Å². The minimum absolute atomic E-state index is 0.0111. The molecule has 12 nitrogen and oxygen atoms in total. The van der Waals surface area contributed by atoms with Gasteiger partial charge in [0.2, 0.25) is 5.75 Å². The number of hydrazone groups is 1. The highest BCUT2D eigenvalue weighted by Gasteiger charge is 2.23. The van der Waals surface area contributed by atoms with Gasteiger partial charge in [-0.2, -0.15) is 10.4 Å². The molecule has 1 amide bonds. The zero-order chi connectivity index (χ0) is 33.3. The molecule has 0 unspecified atom stereocenters. The highest BCUT2D eigenvalue weighted by atomic mass is 16.6. The van der Waals surface area contributed by atoms with Crippen molar-refractivity contribution in [2.24, 2.45) is 5.10 Å². The first-order valence-electron chi connectivity index (χ1n) is 14.6. The number of aryl methyl sites for hydroxylation is 2. The first kappa shape index (κ1) is 32.1. The van der Waals surface area contributed by atoms with E-state index in [1.54, 1.807) is 37.3 Å². The molecule has 0 radical (unpaired) electrons. The van der Waals surface area contributed by atoms with Crippen LogP contribution in [0, 0.1) is 35.3 Å². The summed E-state index contributed by atoms with van der Waals surface area (Å²) in [5, 5.41) is 25.2. The first-order valence-corrected chi connectivity index (χ1v) is 14.6. The van der Waals surface area contributed by atoms with E-state index >= 15 is 0 Å².